The first kappa shape index (κ1) is 26.2. The molecule has 1 saturated heterocycles. The Morgan fingerprint density at radius 3 is 2.54 bits per heavy atom. The Labute approximate surface area is 234 Å². The number of ether oxygens (including phenoxy) is 3. The van der Waals surface area contributed by atoms with E-state index in [0.717, 1.165) is 10.9 Å². The van der Waals surface area contributed by atoms with Gasteiger partial charge in [0.25, 0.3) is 0 Å². The van der Waals surface area contributed by atoms with Crippen LogP contribution in [0.15, 0.2) is 57.7 Å². The van der Waals surface area contributed by atoms with Crippen molar-refractivity contribution in [2.75, 3.05) is 45.4 Å². The smallest absolute Gasteiger partial charge is 0.227 e. The number of methoxy groups -OCH3 is 2. The van der Waals surface area contributed by atoms with Crippen molar-refractivity contribution in [3.8, 4) is 57.1 Å². The Hall–Kier alpha value is -5.03. The van der Waals surface area contributed by atoms with Crippen molar-refractivity contribution < 1.29 is 28.8 Å². The number of aromatic amines is 1. The number of rotatable bonds is 6. The molecule has 6 rings (SSSR count). The van der Waals surface area contributed by atoms with Gasteiger partial charge in [-0.2, -0.15) is 0 Å². The van der Waals surface area contributed by atoms with E-state index in [2.05, 4.69) is 9.88 Å². The molecular formula is C30H28N4O7. The normalized spacial score (nSPS) is 13.5. The minimum absolute atomic E-state index is 0.0409. The first-order chi connectivity index (χ1) is 19.9. The van der Waals surface area contributed by atoms with E-state index < -0.39 is 11.2 Å². The van der Waals surface area contributed by atoms with Crippen LogP contribution in [0.4, 0.5) is 5.82 Å². The van der Waals surface area contributed by atoms with Crippen molar-refractivity contribution in [3.05, 3.63) is 64.5 Å². The molecule has 4 heterocycles. The molecule has 11 heteroatoms. The topological polar surface area (TPSA) is 143 Å². The zero-order valence-electron chi connectivity index (χ0n) is 22.7. The van der Waals surface area contributed by atoms with Crippen LogP contribution in [0.5, 0.6) is 23.0 Å². The molecule has 2 aromatic carbocycles. The molecule has 1 fully saturated rings. The molecule has 0 atom stereocenters. The number of benzene rings is 2. The van der Waals surface area contributed by atoms with E-state index in [0.29, 0.717) is 66.3 Å². The van der Waals surface area contributed by atoms with E-state index in [-0.39, 0.29) is 23.0 Å². The molecule has 0 saturated carbocycles. The monoisotopic (exact) mass is 556 g/mol. The number of morpholine rings is 1. The van der Waals surface area contributed by atoms with Gasteiger partial charge >= 0.3 is 0 Å². The highest BCUT2D eigenvalue weighted by molar-refractivity contribution is 5.91. The molecule has 0 spiro atoms. The highest BCUT2D eigenvalue weighted by Gasteiger charge is 2.26. The third-order valence-electron chi connectivity index (χ3n) is 7.00. The molecule has 1 aliphatic heterocycles. The van der Waals surface area contributed by atoms with E-state index in [1.165, 1.54) is 19.2 Å². The SMILES string of the molecule is COc1ccc2nc(N3CCOCC3)c(-c3nc(-c4ccc(O)c(OC)c4)c(-c4oc(C)cc(=O)c4O)[nH]3)cc2c1. The van der Waals surface area contributed by atoms with E-state index in [1.807, 2.05) is 24.3 Å². The Morgan fingerprint density at radius 1 is 0.976 bits per heavy atom. The minimum atomic E-state index is -0.581. The summed E-state index contributed by atoms with van der Waals surface area (Å²) < 4.78 is 22.2. The van der Waals surface area contributed by atoms with Gasteiger partial charge in [-0.3, -0.25) is 4.79 Å². The first-order valence-corrected chi connectivity index (χ1v) is 13.0. The van der Waals surface area contributed by atoms with E-state index in [9.17, 15) is 15.0 Å². The minimum Gasteiger partial charge on any atom is -0.504 e. The van der Waals surface area contributed by atoms with Crippen molar-refractivity contribution >= 4 is 16.7 Å². The van der Waals surface area contributed by atoms with Gasteiger partial charge in [0.2, 0.25) is 11.2 Å². The highest BCUT2D eigenvalue weighted by Crippen LogP contribution is 2.41. The number of phenolic OH excluding ortho intramolecular Hbond substituents is 1. The summed E-state index contributed by atoms with van der Waals surface area (Å²) in [7, 11) is 3.06. The first-order valence-electron chi connectivity index (χ1n) is 13.0. The molecule has 3 N–H and O–H groups in total. The van der Waals surface area contributed by atoms with Crippen molar-refractivity contribution in [3.63, 3.8) is 0 Å². The van der Waals surface area contributed by atoms with Gasteiger partial charge in [-0.05, 0) is 49.4 Å². The number of hydrogen-bond acceptors (Lipinski definition) is 10. The number of nitrogens with one attached hydrogen (secondary N) is 1. The average Bonchev–Trinajstić information content (AvgIpc) is 3.44. The molecule has 0 bridgehead atoms. The number of fused-ring (bicyclic) bond motifs is 1. The highest BCUT2D eigenvalue weighted by atomic mass is 16.5. The fourth-order valence-corrected chi connectivity index (χ4v) is 4.93. The molecule has 5 aromatic rings. The maximum absolute atomic E-state index is 12.5. The van der Waals surface area contributed by atoms with Crippen molar-refractivity contribution in [2.45, 2.75) is 6.92 Å². The number of imidazole rings is 1. The second-order valence-electron chi connectivity index (χ2n) is 9.61. The molecule has 0 unspecified atom stereocenters. The van der Waals surface area contributed by atoms with Crippen LogP contribution in [-0.4, -0.2) is 65.7 Å². The number of phenols is 1. The predicted octanol–water partition coefficient (Wildman–Crippen LogP) is 4.49. The number of H-pyrrole nitrogens is 1. The average molecular weight is 557 g/mol. The summed E-state index contributed by atoms with van der Waals surface area (Å²) in [6.07, 6.45) is 0. The Balaban J connectivity index is 1.63. The summed E-state index contributed by atoms with van der Waals surface area (Å²) in [5.41, 5.74) is 2.12. The maximum atomic E-state index is 12.5. The summed E-state index contributed by atoms with van der Waals surface area (Å²) in [6, 6.07) is 13.6. The molecule has 210 valence electrons. The third-order valence-corrected chi connectivity index (χ3v) is 7.00. The number of aromatic nitrogens is 3. The van der Waals surface area contributed by atoms with Gasteiger partial charge in [0.1, 0.15) is 34.5 Å². The van der Waals surface area contributed by atoms with Crippen LogP contribution in [0, 0.1) is 6.92 Å². The number of aromatic hydroxyl groups is 2. The van der Waals surface area contributed by atoms with Gasteiger partial charge in [0, 0.05) is 30.1 Å². The van der Waals surface area contributed by atoms with E-state index >= 15 is 0 Å². The predicted molar refractivity (Wildman–Crippen MR) is 153 cm³/mol. The largest absolute Gasteiger partial charge is 0.504 e. The summed E-state index contributed by atoms with van der Waals surface area (Å²) in [5, 5.41) is 21.8. The molecule has 0 radical (unpaired) electrons. The van der Waals surface area contributed by atoms with Gasteiger partial charge in [0.05, 0.1) is 38.5 Å². The number of anilines is 1. The lowest BCUT2D eigenvalue weighted by atomic mass is 10.1. The van der Waals surface area contributed by atoms with Gasteiger partial charge in [0.15, 0.2) is 17.3 Å². The molecule has 1 aliphatic rings. The van der Waals surface area contributed by atoms with Crippen LogP contribution in [0.2, 0.25) is 0 Å². The lowest BCUT2D eigenvalue weighted by Crippen LogP contribution is -2.37. The zero-order chi connectivity index (χ0) is 28.7. The molecule has 0 aliphatic carbocycles. The Morgan fingerprint density at radius 2 is 1.78 bits per heavy atom. The van der Waals surface area contributed by atoms with E-state index in [4.69, 9.17) is 28.6 Å². The lowest BCUT2D eigenvalue weighted by Gasteiger charge is -2.29. The van der Waals surface area contributed by atoms with Gasteiger partial charge in [-0.1, -0.05) is 0 Å². The number of hydrogen-bond donors (Lipinski definition) is 3. The fourth-order valence-electron chi connectivity index (χ4n) is 4.93. The lowest BCUT2D eigenvalue weighted by molar-refractivity contribution is 0.122. The Kier molecular flexibility index (Phi) is 6.72. The quantitative estimate of drug-likeness (QED) is 0.274. The van der Waals surface area contributed by atoms with Crippen molar-refractivity contribution in [1.29, 1.82) is 0 Å². The van der Waals surface area contributed by atoms with Crippen LogP contribution < -0.4 is 19.8 Å². The summed E-state index contributed by atoms with van der Waals surface area (Å²) in [4.78, 5) is 27.9. The number of pyridine rings is 1. The zero-order valence-corrected chi connectivity index (χ0v) is 22.7. The fraction of sp³-hybridized carbons (Fsp3) is 0.233. The van der Waals surface area contributed by atoms with Crippen LogP contribution >= 0.6 is 0 Å². The molecule has 41 heavy (non-hydrogen) atoms. The van der Waals surface area contributed by atoms with Crippen molar-refractivity contribution in [2.24, 2.45) is 0 Å². The van der Waals surface area contributed by atoms with E-state index in [1.54, 1.807) is 26.2 Å². The molecule has 0 amide bonds. The standard InChI is InChI=1S/C30H28N4O7/c1-16-12-23(36)27(37)28(41-16)26-25(17-4-7-22(35)24(15-17)39-3)32-29(33-26)20-14-18-13-19(38-2)5-6-21(18)31-30(20)34-8-10-40-11-9-34/h4-7,12-15,35,37H,8-11H2,1-3H3,(H,32,33). The summed E-state index contributed by atoms with van der Waals surface area (Å²) in [5.74, 6) is 1.74. The third kappa shape index (κ3) is 4.80. The number of nitrogens with zero attached hydrogens (tertiary/aromatic N) is 3. The van der Waals surface area contributed by atoms with Crippen LogP contribution in [0.1, 0.15) is 5.76 Å². The van der Waals surface area contributed by atoms with Crippen LogP contribution in [0.25, 0.3) is 45.0 Å². The van der Waals surface area contributed by atoms with Crippen LogP contribution in [0.3, 0.4) is 0 Å². The van der Waals surface area contributed by atoms with Gasteiger partial charge < -0.3 is 38.7 Å². The second kappa shape index (κ2) is 10.5. The number of aryl methyl sites for hydroxylation is 1. The van der Waals surface area contributed by atoms with Crippen molar-refractivity contribution in [1.82, 2.24) is 15.0 Å². The molecular weight excluding hydrogens is 528 g/mol. The second-order valence-corrected chi connectivity index (χ2v) is 9.61. The Bertz CT molecular complexity index is 1820. The summed E-state index contributed by atoms with van der Waals surface area (Å²) >= 11 is 0. The molecule has 11 nitrogen and oxygen atoms in total. The van der Waals surface area contributed by atoms with Gasteiger partial charge in [-0.15, -0.1) is 0 Å². The molecule has 3 aromatic heterocycles. The maximum Gasteiger partial charge on any atom is 0.227 e. The van der Waals surface area contributed by atoms with Crippen LogP contribution in [-0.2, 0) is 4.74 Å². The van der Waals surface area contributed by atoms with Gasteiger partial charge in [-0.25, -0.2) is 9.97 Å². The summed E-state index contributed by atoms with van der Waals surface area (Å²) in [6.45, 7) is 4.04.